The number of nitrogens with zero attached hydrogens (tertiary/aromatic N) is 4. The molecule has 0 saturated carbocycles. The van der Waals surface area contributed by atoms with Crippen molar-refractivity contribution >= 4 is 34.3 Å². The van der Waals surface area contributed by atoms with Gasteiger partial charge < -0.3 is 5.32 Å². The highest BCUT2D eigenvalue weighted by Gasteiger charge is 2.18. The molecule has 0 spiro atoms. The van der Waals surface area contributed by atoms with E-state index in [4.69, 9.17) is 0 Å². The summed E-state index contributed by atoms with van der Waals surface area (Å²) in [6.07, 6.45) is 0. The van der Waals surface area contributed by atoms with Crippen LogP contribution in [0.3, 0.4) is 0 Å². The number of carbonyl (C=O) groups excluding carboxylic acids is 1. The van der Waals surface area contributed by atoms with Crippen LogP contribution >= 0.6 is 11.8 Å². The fraction of sp³-hybridized carbons (Fsp3) is 0.120. The predicted octanol–water partition coefficient (Wildman–Crippen LogP) is 3.75. The van der Waals surface area contributed by atoms with Crippen LogP contribution in [0.1, 0.15) is 11.1 Å². The minimum absolute atomic E-state index is 0.0991. The monoisotopic (exact) mass is 455 g/mol. The largest absolute Gasteiger partial charge is 0.351 e. The molecule has 0 saturated heterocycles. The molecule has 33 heavy (non-hydrogen) atoms. The topological polar surface area (TPSA) is 81.3 Å². The summed E-state index contributed by atoms with van der Waals surface area (Å²) in [6.45, 7) is 2.50. The molecule has 1 N–H and O–H groups in total. The lowest BCUT2D eigenvalue weighted by Crippen LogP contribution is -2.24. The number of carbonyl (C=O) groups is 1. The van der Waals surface area contributed by atoms with E-state index in [0.717, 1.165) is 5.56 Å². The standard InChI is InChI=1S/C25H21N5O2S/c1-17-11-13-18(14-12-17)15-26-22(31)16-33-25-28-27-24-29(19-7-3-2-4-8-19)23(32)20-9-5-6-10-21(20)30(24)25/h2-14H,15-16H2,1H3,(H,26,31). The van der Waals surface area contributed by atoms with E-state index in [1.54, 1.807) is 10.6 Å². The third kappa shape index (κ3) is 4.12. The Bertz CT molecular complexity index is 1510. The smallest absolute Gasteiger partial charge is 0.267 e. The molecule has 2 heterocycles. The zero-order valence-corrected chi connectivity index (χ0v) is 18.7. The number of rotatable bonds is 6. The van der Waals surface area contributed by atoms with Gasteiger partial charge >= 0.3 is 0 Å². The molecule has 2 aromatic heterocycles. The molecule has 0 atom stereocenters. The summed E-state index contributed by atoms with van der Waals surface area (Å²) >= 11 is 1.29. The number of aryl methyl sites for hydroxylation is 1. The average molecular weight is 456 g/mol. The van der Waals surface area contributed by atoms with E-state index < -0.39 is 0 Å². The molecule has 1 amide bonds. The lowest BCUT2D eigenvalue weighted by molar-refractivity contribution is -0.118. The molecular weight excluding hydrogens is 434 g/mol. The van der Waals surface area contributed by atoms with Crippen LogP contribution in [0.25, 0.3) is 22.4 Å². The van der Waals surface area contributed by atoms with Crippen molar-refractivity contribution in [3.8, 4) is 5.69 Å². The first kappa shape index (κ1) is 21.0. The van der Waals surface area contributed by atoms with Crippen molar-refractivity contribution in [1.29, 1.82) is 0 Å². The Morgan fingerprint density at radius 3 is 2.45 bits per heavy atom. The molecule has 0 unspecified atom stereocenters. The maximum Gasteiger partial charge on any atom is 0.267 e. The molecule has 0 bridgehead atoms. The normalized spacial score (nSPS) is 11.2. The van der Waals surface area contributed by atoms with Crippen LogP contribution < -0.4 is 10.9 Å². The number of fused-ring (bicyclic) bond motifs is 3. The third-order valence-corrected chi connectivity index (χ3v) is 6.28. The van der Waals surface area contributed by atoms with E-state index in [9.17, 15) is 9.59 Å². The second-order valence-corrected chi connectivity index (χ2v) is 8.60. The molecule has 7 nitrogen and oxygen atoms in total. The molecule has 8 heteroatoms. The van der Waals surface area contributed by atoms with Crippen LogP contribution in [0, 0.1) is 6.92 Å². The van der Waals surface area contributed by atoms with Gasteiger partial charge in [0.25, 0.3) is 5.56 Å². The van der Waals surface area contributed by atoms with Crippen LogP contribution in [0.5, 0.6) is 0 Å². The van der Waals surface area contributed by atoms with Crippen molar-refractivity contribution in [2.24, 2.45) is 0 Å². The van der Waals surface area contributed by atoms with Crippen LogP contribution in [0.2, 0.25) is 0 Å². The fourth-order valence-electron chi connectivity index (χ4n) is 3.67. The molecule has 3 aromatic carbocycles. The van der Waals surface area contributed by atoms with Crippen molar-refractivity contribution in [1.82, 2.24) is 24.5 Å². The molecule has 5 rings (SSSR count). The molecule has 0 aliphatic heterocycles. The van der Waals surface area contributed by atoms with Crippen molar-refractivity contribution < 1.29 is 4.79 Å². The second-order valence-electron chi connectivity index (χ2n) is 7.66. The highest BCUT2D eigenvalue weighted by Crippen LogP contribution is 2.23. The van der Waals surface area contributed by atoms with Crippen LogP contribution in [0.4, 0.5) is 0 Å². The number of benzene rings is 3. The van der Waals surface area contributed by atoms with Gasteiger partial charge in [-0.1, -0.05) is 71.9 Å². The van der Waals surface area contributed by atoms with Crippen molar-refractivity contribution in [2.75, 3.05) is 5.75 Å². The van der Waals surface area contributed by atoms with Crippen molar-refractivity contribution in [3.63, 3.8) is 0 Å². The van der Waals surface area contributed by atoms with E-state index >= 15 is 0 Å². The number of thioether (sulfide) groups is 1. The summed E-state index contributed by atoms with van der Waals surface area (Å²) in [4.78, 5) is 25.7. The van der Waals surface area contributed by atoms with Gasteiger partial charge in [-0.3, -0.25) is 14.0 Å². The van der Waals surface area contributed by atoms with Crippen molar-refractivity contribution in [3.05, 3.63) is 100 Å². The van der Waals surface area contributed by atoms with Gasteiger partial charge in [0.2, 0.25) is 11.7 Å². The Hall–Kier alpha value is -3.91. The maximum absolute atomic E-state index is 13.3. The SMILES string of the molecule is Cc1ccc(CNC(=O)CSc2nnc3n(-c4ccccc4)c(=O)c4ccccc4n23)cc1. The quantitative estimate of drug-likeness (QED) is 0.395. The zero-order chi connectivity index (χ0) is 22.8. The van der Waals surface area contributed by atoms with Gasteiger partial charge in [0.15, 0.2) is 5.16 Å². The van der Waals surface area contributed by atoms with Crippen LogP contribution in [-0.4, -0.2) is 30.8 Å². The highest BCUT2D eigenvalue weighted by molar-refractivity contribution is 7.99. The Kier molecular flexibility index (Phi) is 5.66. The van der Waals surface area contributed by atoms with Gasteiger partial charge in [-0.15, -0.1) is 10.2 Å². The summed E-state index contributed by atoms with van der Waals surface area (Å²) in [7, 11) is 0. The molecule has 5 aromatic rings. The maximum atomic E-state index is 13.3. The number of nitrogens with one attached hydrogen (secondary N) is 1. The Morgan fingerprint density at radius 1 is 0.939 bits per heavy atom. The Balaban J connectivity index is 1.46. The van der Waals surface area contributed by atoms with Crippen LogP contribution in [0.15, 0.2) is 88.8 Å². The summed E-state index contributed by atoms with van der Waals surface area (Å²) < 4.78 is 3.39. The minimum Gasteiger partial charge on any atom is -0.351 e. The van der Waals surface area contributed by atoms with Gasteiger partial charge in [-0.2, -0.15) is 0 Å². The third-order valence-electron chi connectivity index (χ3n) is 5.35. The van der Waals surface area contributed by atoms with Gasteiger partial charge in [-0.05, 0) is 36.8 Å². The Morgan fingerprint density at radius 2 is 1.67 bits per heavy atom. The van der Waals surface area contributed by atoms with Gasteiger partial charge in [0.05, 0.1) is 22.3 Å². The van der Waals surface area contributed by atoms with E-state index in [2.05, 4.69) is 15.5 Å². The number of para-hydroxylation sites is 2. The molecule has 0 aliphatic rings. The minimum atomic E-state index is -0.163. The van der Waals surface area contributed by atoms with E-state index in [0.29, 0.717) is 34.1 Å². The number of aromatic nitrogens is 4. The second kappa shape index (κ2) is 8.91. The predicted molar refractivity (Wildman–Crippen MR) is 130 cm³/mol. The molecule has 0 fully saturated rings. The van der Waals surface area contributed by atoms with Crippen molar-refractivity contribution in [2.45, 2.75) is 18.6 Å². The zero-order valence-electron chi connectivity index (χ0n) is 17.9. The highest BCUT2D eigenvalue weighted by atomic mass is 32.2. The molecule has 0 aliphatic carbocycles. The summed E-state index contributed by atoms with van der Waals surface area (Å²) in [5.74, 6) is 0.497. The molecule has 164 valence electrons. The van der Waals surface area contributed by atoms with Gasteiger partial charge in [0, 0.05) is 6.54 Å². The first-order chi connectivity index (χ1) is 16.1. The van der Waals surface area contributed by atoms with Gasteiger partial charge in [-0.25, -0.2) is 4.57 Å². The fourth-order valence-corrected chi connectivity index (χ4v) is 4.44. The lowest BCUT2D eigenvalue weighted by Gasteiger charge is -2.11. The first-order valence-corrected chi connectivity index (χ1v) is 11.5. The van der Waals surface area contributed by atoms with E-state index in [-0.39, 0.29) is 17.2 Å². The summed E-state index contributed by atoms with van der Waals surface area (Å²) in [5, 5.41) is 12.7. The molecule has 0 radical (unpaired) electrons. The molecular formula is C25H21N5O2S. The number of amides is 1. The van der Waals surface area contributed by atoms with E-state index in [1.807, 2.05) is 84.1 Å². The number of hydrogen-bond donors (Lipinski definition) is 1. The van der Waals surface area contributed by atoms with E-state index in [1.165, 1.54) is 17.3 Å². The summed E-state index contributed by atoms with van der Waals surface area (Å²) in [5.41, 5.74) is 3.48. The number of hydrogen-bond acceptors (Lipinski definition) is 5. The Labute approximate surface area is 194 Å². The average Bonchev–Trinajstić information content (AvgIpc) is 3.27. The first-order valence-electron chi connectivity index (χ1n) is 10.5. The summed E-state index contributed by atoms with van der Waals surface area (Å²) in [6, 6.07) is 24.8. The van der Waals surface area contributed by atoms with Gasteiger partial charge in [0.1, 0.15) is 0 Å². The van der Waals surface area contributed by atoms with Crippen LogP contribution in [-0.2, 0) is 11.3 Å². The lowest BCUT2D eigenvalue weighted by atomic mass is 10.1.